The molecular formula is C23H43BrO10. The minimum atomic E-state index is -0.634. The summed E-state index contributed by atoms with van der Waals surface area (Å²) >= 11 is 3.57. The molecule has 2 aliphatic rings. The Labute approximate surface area is 212 Å². The first kappa shape index (κ1) is 30.3. The van der Waals surface area contributed by atoms with Crippen LogP contribution < -0.4 is 0 Å². The molecule has 2 rings (SSSR count). The van der Waals surface area contributed by atoms with Gasteiger partial charge in [-0.05, 0) is 19.3 Å². The van der Waals surface area contributed by atoms with Crippen LogP contribution in [0.3, 0.4) is 0 Å². The van der Waals surface area contributed by atoms with Crippen LogP contribution in [0.15, 0.2) is 0 Å². The lowest BCUT2D eigenvalue weighted by atomic mass is 10.1. The van der Waals surface area contributed by atoms with E-state index in [2.05, 4.69) is 15.9 Å². The fraction of sp³-hybridized carbons (Fsp3) is 1.00. The number of alkyl halides is 1. The Bertz CT molecular complexity index is 433. The maximum Gasteiger partial charge on any atom is 0.157 e. The predicted octanol–water partition coefficient (Wildman–Crippen LogP) is 1.81. The minimum Gasteiger partial charge on any atom is -0.377 e. The maximum atomic E-state index is 6.16. The summed E-state index contributed by atoms with van der Waals surface area (Å²) in [7, 11) is 0. The Balaban J connectivity index is 1.66. The summed E-state index contributed by atoms with van der Waals surface area (Å²) in [6, 6.07) is 0. The van der Waals surface area contributed by atoms with E-state index in [1.807, 2.05) is 0 Å². The first-order chi connectivity index (χ1) is 16.8. The Hall–Kier alpha value is 0.0800. The molecule has 0 radical (unpaired) electrons. The average Bonchev–Trinajstić information content (AvgIpc) is 2.87. The molecule has 0 spiro atoms. The lowest BCUT2D eigenvalue weighted by Crippen LogP contribution is -2.46. The van der Waals surface area contributed by atoms with E-state index < -0.39 is 5.60 Å². The van der Waals surface area contributed by atoms with Crippen LogP contribution in [-0.4, -0.2) is 130 Å². The van der Waals surface area contributed by atoms with Gasteiger partial charge in [-0.1, -0.05) is 15.9 Å². The van der Waals surface area contributed by atoms with Crippen LogP contribution in [0.4, 0.5) is 0 Å². The summed E-state index contributed by atoms with van der Waals surface area (Å²) in [5, 5.41) is 0.561. The Morgan fingerprint density at radius 3 is 1.65 bits per heavy atom. The highest BCUT2D eigenvalue weighted by Crippen LogP contribution is 2.17. The van der Waals surface area contributed by atoms with Gasteiger partial charge in [0.05, 0.1) is 106 Å². The first-order valence-electron chi connectivity index (χ1n) is 12.3. The van der Waals surface area contributed by atoms with Crippen molar-refractivity contribution in [1.29, 1.82) is 0 Å². The molecule has 11 heteroatoms. The van der Waals surface area contributed by atoms with E-state index >= 15 is 0 Å². The van der Waals surface area contributed by atoms with E-state index in [1.165, 1.54) is 0 Å². The third-order valence-electron chi connectivity index (χ3n) is 5.14. The molecule has 0 aromatic carbocycles. The van der Waals surface area contributed by atoms with E-state index in [0.717, 1.165) is 25.9 Å². The van der Waals surface area contributed by atoms with Gasteiger partial charge in [0.25, 0.3) is 0 Å². The van der Waals surface area contributed by atoms with E-state index in [9.17, 15) is 0 Å². The zero-order chi connectivity index (χ0) is 24.0. The monoisotopic (exact) mass is 558 g/mol. The molecule has 0 amide bonds. The Morgan fingerprint density at radius 2 is 1.15 bits per heavy atom. The molecule has 34 heavy (non-hydrogen) atoms. The summed E-state index contributed by atoms with van der Waals surface area (Å²) in [6.45, 7) is 8.47. The van der Waals surface area contributed by atoms with Gasteiger partial charge < -0.3 is 47.4 Å². The van der Waals surface area contributed by atoms with Gasteiger partial charge in [-0.2, -0.15) is 0 Å². The number of hydrogen-bond donors (Lipinski definition) is 0. The van der Waals surface area contributed by atoms with Crippen molar-refractivity contribution in [2.24, 2.45) is 0 Å². The van der Waals surface area contributed by atoms with Gasteiger partial charge in [0.1, 0.15) is 5.60 Å². The maximum absolute atomic E-state index is 6.16. The lowest BCUT2D eigenvalue weighted by molar-refractivity contribution is -0.171. The molecule has 2 fully saturated rings. The summed E-state index contributed by atoms with van der Waals surface area (Å²) < 4.78 is 56.7. The number of halogens is 1. The van der Waals surface area contributed by atoms with Crippen LogP contribution in [0.5, 0.6) is 0 Å². The van der Waals surface area contributed by atoms with Gasteiger partial charge in [-0.15, -0.1) is 0 Å². The molecule has 0 aromatic rings. The van der Waals surface area contributed by atoms with Crippen LogP contribution >= 0.6 is 15.9 Å². The Kier molecular flexibility index (Phi) is 18.9. The summed E-state index contributed by atoms with van der Waals surface area (Å²) in [5.74, 6) is 0. The second-order valence-electron chi connectivity index (χ2n) is 8.00. The topological polar surface area (TPSA) is 92.3 Å². The number of ether oxygens (including phenoxy) is 10. The predicted molar refractivity (Wildman–Crippen MR) is 128 cm³/mol. The van der Waals surface area contributed by atoms with Crippen molar-refractivity contribution in [3.05, 3.63) is 0 Å². The summed E-state index contributed by atoms with van der Waals surface area (Å²) in [5.41, 5.74) is -0.634. The SMILES string of the molecule is BrCC1(OCCOCCOC2CCCCO2)COCCOCCOCCOCCOCCOC1. The highest BCUT2D eigenvalue weighted by Gasteiger charge is 2.31. The smallest absolute Gasteiger partial charge is 0.157 e. The summed E-state index contributed by atoms with van der Waals surface area (Å²) in [6.07, 6.45) is 3.12. The quantitative estimate of drug-likeness (QED) is 0.308. The van der Waals surface area contributed by atoms with E-state index in [-0.39, 0.29) is 6.29 Å². The molecule has 2 saturated heterocycles. The molecule has 0 N–H and O–H groups in total. The molecule has 2 heterocycles. The van der Waals surface area contributed by atoms with Gasteiger partial charge in [-0.3, -0.25) is 0 Å². The third kappa shape index (κ3) is 15.2. The fourth-order valence-electron chi connectivity index (χ4n) is 3.25. The molecule has 0 aliphatic carbocycles. The zero-order valence-corrected chi connectivity index (χ0v) is 22.0. The highest BCUT2D eigenvalue weighted by molar-refractivity contribution is 9.09. The standard InChI is InChI=1S/C23H43BrO10/c24-19-23(34-18-16-29-15-17-33-22-3-1-2-4-32-22)20-30-13-11-27-9-7-25-5-6-26-8-10-28-12-14-31-21-23/h22H,1-21H2. The summed E-state index contributed by atoms with van der Waals surface area (Å²) in [4.78, 5) is 0. The van der Waals surface area contributed by atoms with Crippen molar-refractivity contribution in [2.45, 2.75) is 31.2 Å². The minimum absolute atomic E-state index is 0.0933. The molecule has 0 aromatic heterocycles. The molecule has 0 saturated carbocycles. The number of hydrogen-bond acceptors (Lipinski definition) is 10. The fourth-order valence-corrected chi connectivity index (χ4v) is 3.74. The van der Waals surface area contributed by atoms with Crippen molar-refractivity contribution in [3.63, 3.8) is 0 Å². The molecule has 1 atom stereocenters. The van der Waals surface area contributed by atoms with Crippen molar-refractivity contribution >= 4 is 15.9 Å². The third-order valence-corrected chi connectivity index (χ3v) is 6.16. The zero-order valence-electron chi connectivity index (χ0n) is 20.4. The van der Waals surface area contributed by atoms with Crippen molar-refractivity contribution < 1.29 is 47.4 Å². The van der Waals surface area contributed by atoms with Crippen LogP contribution in [0.2, 0.25) is 0 Å². The van der Waals surface area contributed by atoms with Crippen molar-refractivity contribution in [1.82, 2.24) is 0 Å². The van der Waals surface area contributed by atoms with Crippen molar-refractivity contribution in [2.75, 3.05) is 118 Å². The average molecular weight is 559 g/mol. The molecule has 2 aliphatic heterocycles. The van der Waals surface area contributed by atoms with Crippen LogP contribution in [0.25, 0.3) is 0 Å². The lowest BCUT2D eigenvalue weighted by Gasteiger charge is -2.32. The second kappa shape index (κ2) is 21.2. The second-order valence-corrected chi connectivity index (χ2v) is 8.56. The Morgan fingerprint density at radius 1 is 0.618 bits per heavy atom. The van der Waals surface area contributed by atoms with Crippen molar-refractivity contribution in [3.8, 4) is 0 Å². The molecule has 10 nitrogen and oxygen atoms in total. The largest absolute Gasteiger partial charge is 0.377 e. The molecule has 0 bridgehead atoms. The van der Waals surface area contributed by atoms with Crippen LogP contribution in [-0.2, 0) is 47.4 Å². The molecule has 202 valence electrons. The van der Waals surface area contributed by atoms with E-state index in [1.54, 1.807) is 0 Å². The van der Waals surface area contributed by atoms with Crippen LogP contribution in [0.1, 0.15) is 19.3 Å². The van der Waals surface area contributed by atoms with Gasteiger partial charge in [0, 0.05) is 11.9 Å². The van der Waals surface area contributed by atoms with Crippen LogP contribution in [0, 0.1) is 0 Å². The first-order valence-corrected chi connectivity index (χ1v) is 13.4. The van der Waals surface area contributed by atoms with E-state index in [4.69, 9.17) is 47.4 Å². The van der Waals surface area contributed by atoms with Gasteiger partial charge in [0.2, 0.25) is 0 Å². The molecular weight excluding hydrogens is 516 g/mol. The normalized spacial score (nSPS) is 25.1. The highest BCUT2D eigenvalue weighted by atomic mass is 79.9. The number of rotatable bonds is 9. The van der Waals surface area contributed by atoms with E-state index in [0.29, 0.717) is 111 Å². The van der Waals surface area contributed by atoms with Gasteiger partial charge in [-0.25, -0.2) is 0 Å². The molecule has 1 unspecified atom stereocenters. The van der Waals surface area contributed by atoms with Gasteiger partial charge >= 0.3 is 0 Å². The van der Waals surface area contributed by atoms with Gasteiger partial charge in [0.15, 0.2) is 6.29 Å².